The number of phenols is 1. The van der Waals surface area contributed by atoms with Gasteiger partial charge < -0.3 is 19.8 Å². The maximum atomic E-state index is 13.1. The first-order chi connectivity index (χ1) is 15.3. The van der Waals surface area contributed by atoms with Crippen LogP contribution in [-0.4, -0.2) is 33.9 Å². The van der Waals surface area contributed by atoms with Crippen LogP contribution in [0, 0.1) is 0 Å². The van der Waals surface area contributed by atoms with E-state index >= 15 is 0 Å². The highest BCUT2D eigenvalue weighted by atomic mass is 35.5. The van der Waals surface area contributed by atoms with Gasteiger partial charge in [-0.05, 0) is 41.3 Å². The summed E-state index contributed by atoms with van der Waals surface area (Å²) in [6.07, 6.45) is 0. The van der Waals surface area contributed by atoms with Gasteiger partial charge in [0.25, 0.3) is 11.7 Å². The summed E-state index contributed by atoms with van der Waals surface area (Å²) in [5, 5.41) is 23.3. The fourth-order valence-electron chi connectivity index (χ4n) is 3.70. The van der Waals surface area contributed by atoms with Crippen molar-refractivity contribution >= 4 is 52.0 Å². The minimum atomic E-state index is -0.913. The van der Waals surface area contributed by atoms with Crippen molar-refractivity contribution in [1.82, 2.24) is 4.90 Å². The van der Waals surface area contributed by atoms with Crippen LogP contribution in [0.25, 0.3) is 5.76 Å². The number of amides is 1. The minimum absolute atomic E-state index is 0.0280. The molecule has 0 spiro atoms. The summed E-state index contributed by atoms with van der Waals surface area (Å²) in [4.78, 5) is 28.3. The molecule has 1 amide bonds. The topological polar surface area (TPSA) is 87.1 Å². The molecule has 9 heteroatoms. The molecule has 164 valence electrons. The van der Waals surface area contributed by atoms with Crippen LogP contribution in [0.1, 0.15) is 22.0 Å². The highest BCUT2D eigenvalue weighted by molar-refractivity contribution is 7.09. The van der Waals surface area contributed by atoms with Crippen LogP contribution < -0.4 is 4.74 Å². The molecule has 6 nitrogen and oxygen atoms in total. The molecule has 3 aromatic rings. The Kier molecular flexibility index (Phi) is 6.15. The number of ether oxygens (including phenoxy) is 1. The van der Waals surface area contributed by atoms with E-state index < -0.39 is 23.5 Å². The summed E-state index contributed by atoms with van der Waals surface area (Å²) < 4.78 is 5.14. The first kappa shape index (κ1) is 22.2. The SMILES string of the molecule is COc1c(Cl)cc(/C(O)=C2\C(=O)C(=O)N(Cc3cccs3)C2c2cccc(O)c2)cc1Cl. The molecular formula is C23H17Cl2NO5S. The molecule has 1 aliphatic heterocycles. The molecule has 0 bridgehead atoms. The molecule has 1 unspecified atom stereocenters. The molecule has 0 saturated carbocycles. The zero-order valence-corrected chi connectivity index (χ0v) is 19.0. The Balaban J connectivity index is 1.90. The number of likely N-dealkylation sites (tertiary alicyclic amines) is 1. The largest absolute Gasteiger partial charge is 0.508 e. The molecular weight excluding hydrogens is 473 g/mol. The summed E-state index contributed by atoms with van der Waals surface area (Å²) >= 11 is 13.9. The van der Waals surface area contributed by atoms with Gasteiger partial charge >= 0.3 is 0 Å². The zero-order valence-electron chi connectivity index (χ0n) is 16.7. The maximum Gasteiger partial charge on any atom is 0.295 e. The van der Waals surface area contributed by atoms with Crippen LogP contribution >= 0.6 is 34.5 Å². The number of halogens is 2. The molecule has 4 rings (SSSR count). The molecule has 1 fully saturated rings. The molecule has 1 saturated heterocycles. The Labute approximate surface area is 197 Å². The number of carbonyl (C=O) groups is 2. The van der Waals surface area contributed by atoms with Crippen molar-refractivity contribution in [3.63, 3.8) is 0 Å². The number of thiophene rings is 1. The van der Waals surface area contributed by atoms with Gasteiger partial charge in [-0.2, -0.15) is 0 Å². The Hall–Kier alpha value is -3.00. The third-order valence-corrected chi connectivity index (χ3v) is 6.53. The highest BCUT2D eigenvalue weighted by Crippen LogP contribution is 2.43. The third kappa shape index (κ3) is 3.95. The minimum Gasteiger partial charge on any atom is -0.508 e. The van der Waals surface area contributed by atoms with Crippen molar-refractivity contribution in [2.45, 2.75) is 12.6 Å². The van der Waals surface area contributed by atoms with Gasteiger partial charge in [-0.25, -0.2) is 0 Å². The fraction of sp³-hybridized carbons (Fsp3) is 0.130. The van der Waals surface area contributed by atoms with Crippen LogP contribution in [0.5, 0.6) is 11.5 Å². The molecule has 2 heterocycles. The average molecular weight is 490 g/mol. The Morgan fingerprint density at radius 1 is 1.12 bits per heavy atom. The van der Waals surface area contributed by atoms with Crippen molar-refractivity contribution in [3.05, 3.63) is 85.5 Å². The quantitative estimate of drug-likeness (QED) is 0.285. The van der Waals surface area contributed by atoms with E-state index in [1.807, 2.05) is 17.5 Å². The maximum absolute atomic E-state index is 13.1. The summed E-state index contributed by atoms with van der Waals surface area (Å²) in [6, 6.07) is 11.8. The van der Waals surface area contributed by atoms with Crippen LogP contribution in [0.3, 0.4) is 0 Å². The Morgan fingerprint density at radius 2 is 1.84 bits per heavy atom. The Morgan fingerprint density at radius 3 is 2.44 bits per heavy atom. The van der Waals surface area contributed by atoms with Gasteiger partial charge in [-0.1, -0.05) is 41.4 Å². The number of nitrogens with zero attached hydrogens (tertiary/aromatic N) is 1. The van der Waals surface area contributed by atoms with Gasteiger partial charge in [0.15, 0.2) is 5.75 Å². The van der Waals surface area contributed by atoms with Crippen molar-refractivity contribution < 1.29 is 24.5 Å². The summed E-state index contributed by atoms with van der Waals surface area (Å²) in [6.45, 7) is 0.170. The monoisotopic (exact) mass is 489 g/mol. The zero-order chi connectivity index (χ0) is 23.0. The number of rotatable bonds is 5. The van der Waals surface area contributed by atoms with Gasteiger partial charge in [-0.15, -0.1) is 11.3 Å². The van der Waals surface area contributed by atoms with Crippen LogP contribution in [0.4, 0.5) is 0 Å². The predicted molar refractivity (Wildman–Crippen MR) is 123 cm³/mol. The van der Waals surface area contributed by atoms with E-state index in [0.717, 1.165) is 4.88 Å². The second kappa shape index (κ2) is 8.86. The van der Waals surface area contributed by atoms with Crippen molar-refractivity contribution in [3.8, 4) is 11.5 Å². The van der Waals surface area contributed by atoms with Crippen molar-refractivity contribution in [2.75, 3.05) is 7.11 Å². The second-order valence-corrected chi connectivity index (χ2v) is 8.92. The van der Waals surface area contributed by atoms with E-state index in [2.05, 4.69) is 0 Å². The number of aromatic hydroxyl groups is 1. The van der Waals surface area contributed by atoms with Gasteiger partial charge in [0.2, 0.25) is 0 Å². The molecule has 2 N–H and O–H groups in total. The lowest BCUT2D eigenvalue weighted by Crippen LogP contribution is -2.28. The highest BCUT2D eigenvalue weighted by Gasteiger charge is 2.46. The second-order valence-electron chi connectivity index (χ2n) is 7.07. The predicted octanol–water partition coefficient (Wildman–Crippen LogP) is 5.39. The molecule has 2 aromatic carbocycles. The van der Waals surface area contributed by atoms with Gasteiger partial charge in [0, 0.05) is 10.4 Å². The standard InChI is InChI=1S/C23H17Cl2NO5S/c1-31-22-16(24)9-13(10-17(22)25)20(28)18-19(12-4-2-5-14(27)8-12)26(23(30)21(18)29)11-15-6-3-7-32-15/h2-10,19,27-28H,11H2,1H3/b20-18+. The molecule has 1 atom stereocenters. The Bertz CT molecular complexity index is 1220. The lowest BCUT2D eigenvalue weighted by molar-refractivity contribution is -0.140. The number of phenolic OH excluding ortho intramolecular Hbond substituents is 1. The van der Waals surface area contributed by atoms with Crippen molar-refractivity contribution in [2.24, 2.45) is 0 Å². The van der Waals surface area contributed by atoms with E-state index in [0.29, 0.717) is 5.56 Å². The van der Waals surface area contributed by atoms with E-state index in [4.69, 9.17) is 27.9 Å². The normalized spacial score (nSPS) is 17.7. The summed E-state index contributed by atoms with van der Waals surface area (Å²) in [7, 11) is 1.41. The van der Waals surface area contributed by atoms with Crippen LogP contribution in [0.15, 0.2) is 59.5 Å². The number of hydrogen-bond donors (Lipinski definition) is 2. The number of Topliss-reactive ketones (excluding diaryl/α,β-unsaturated/α-hetero) is 1. The number of methoxy groups -OCH3 is 1. The molecule has 1 aliphatic rings. The number of aliphatic hydroxyl groups excluding tert-OH is 1. The van der Waals surface area contributed by atoms with Gasteiger partial charge in [0.1, 0.15) is 11.5 Å². The lowest BCUT2D eigenvalue weighted by Gasteiger charge is -2.25. The molecule has 32 heavy (non-hydrogen) atoms. The molecule has 0 aliphatic carbocycles. The van der Waals surface area contributed by atoms with Crippen LogP contribution in [0.2, 0.25) is 10.0 Å². The number of aliphatic hydroxyl groups is 1. The van der Waals surface area contributed by atoms with Crippen molar-refractivity contribution in [1.29, 1.82) is 0 Å². The van der Waals surface area contributed by atoms with E-state index in [-0.39, 0.29) is 39.2 Å². The number of benzene rings is 2. The molecule has 1 aromatic heterocycles. The van der Waals surface area contributed by atoms with Gasteiger partial charge in [0.05, 0.1) is 35.3 Å². The van der Waals surface area contributed by atoms with Crippen LogP contribution in [-0.2, 0) is 16.1 Å². The van der Waals surface area contributed by atoms with E-state index in [1.165, 1.54) is 47.6 Å². The summed E-state index contributed by atoms with van der Waals surface area (Å²) in [5.74, 6) is -1.81. The summed E-state index contributed by atoms with van der Waals surface area (Å²) in [5.41, 5.74) is 0.530. The molecule has 0 radical (unpaired) electrons. The van der Waals surface area contributed by atoms with E-state index in [1.54, 1.807) is 12.1 Å². The number of ketones is 1. The van der Waals surface area contributed by atoms with E-state index in [9.17, 15) is 19.8 Å². The smallest absolute Gasteiger partial charge is 0.295 e. The fourth-order valence-corrected chi connectivity index (χ4v) is 5.05. The number of carbonyl (C=O) groups excluding carboxylic acids is 2. The first-order valence-electron chi connectivity index (χ1n) is 9.45. The number of hydrogen-bond acceptors (Lipinski definition) is 6. The first-order valence-corrected chi connectivity index (χ1v) is 11.1. The lowest BCUT2D eigenvalue weighted by atomic mass is 9.95. The average Bonchev–Trinajstić information content (AvgIpc) is 3.35. The van der Waals surface area contributed by atoms with Gasteiger partial charge in [-0.3, -0.25) is 9.59 Å². The third-order valence-electron chi connectivity index (χ3n) is 5.11.